The van der Waals surface area contributed by atoms with E-state index in [0.29, 0.717) is 17.9 Å². The summed E-state index contributed by atoms with van der Waals surface area (Å²) in [7, 11) is -3.83. The first-order valence-corrected chi connectivity index (χ1v) is 11.1. The maximum Gasteiger partial charge on any atom is 0.416 e. The average molecular weight is 481 g/mol. The predicted molar refractivity (Wildman–Crippen MR) is 108 cm³/mol. The fourth-order valence-electron chi connectivity index (χ4n) is 3.16. The molecule has 1 aliphatic heterocycles. The number of amides is 1. The van der Waals surface area contributed by atoms with E-state index in [-0.39, 0.29) is 28.7 Å². The van der Waals surface area contributed by atoms with Crippen LogP contribution in [0, 0.1) is 5.92 Å². The number of sulfonamides is 1. The van der Waals surface area contributed by atoms with E-state index in [1.807, 2.05) is 0 Å². The fourth-order valence-corrected chi connectivity index (χ4v) is 4.98. The van der Waals surface area contributed by atoms with Crippen LogP contribution < -0.4 is 5.32 Å². The van der Waals surface area contributed by atoms with Crippen LogP contribution in [0.1, 0.15) is 18.4 Å². The zero-order valence-corrected chi connectivity index (χ0v) is 17.7. The van der Waals surface area contributed by atoms with E-state index in [9.17, 15) is 26.4 Å². The summed E-state index contributed by atoms with van der Waals surface area (Å²) >= 11 is 11.7. The lowest BCUT2D eigenvalue weighted by atomic mass is 9.98. The van der Waals surface area contributed by atoms with Crippen LogP contribution in [-0.2, 0) is 21.0 Å². The van der Waals surface area contributed by atoms with Crippen molar-refractivity contribution in [1.29, 1.82) is 0 Å². The van der Waals surface area contributed by atoms with Gasteiger partial charge in [0, 0.05) is 18.1 Å². The molecule has 11 heteroatoms. The molecule has 1 saturated heterocycles. The van der Waals surface area contributed by atoms with Crippen LogP contribution in [0.3, 0.4) is 0 Å². The van der Waals surface area contributed by atoms with Crippen LogP contribution in [-0.4, -0.2) is 31.7 Å². The summed E-state index contributed by atoms with van der Waals surface area (Å²) < 4.78 is 65.6. The van der Waals surface area contributed by atoms with E-state index < -0.39 is 33.6 Å². The van der Waals surface area contributed by atoms with Crippen LogP contribution in [0.5, 0.6) is 0 Å². The fraction of sp³-hybridized carbons (Fsp3) is 0.316. The summed E-state index contributed by atoms with van der Waals surface area (Å²) in [4.78, 5) is 12.7. The number of nitrogens with one attached hydrogen (secondary N) is 1. The standard InChI is InChI=1S/C19H17Cl2F3N2O3S/c20-14-4-6-15(7-5-14)30(28,29)26-9-1-2-12(11-26)18(27)25-17-10-13(19(22,23)24)3-8-16(17)21/h3-8,10,12H,1-2,9,11H2,(H,25,27). The Morgan fingerprint density at radius 3 is 2.40 bits per heavy atom. The van der Waals surface area contributed by atoms with Crippen molar-refractivity contribution in [2.24, 2.45) is 5.92 Å². The Morgan fingerprint density at radius 1 is 1.10 bits per heavy atom. The Labute approximate surface area is 181 Å². The smallest absolute Gasteiger partial charge is 0.324 e. The van der Waals surface area contributed by atoms with E-state index in [4.69, 9.17) is 23.2 Å². The highest BCUT2D eigenvalue weighted by Crippen LogP contribution is 2.34. The zero-order chi connectivity index (χ0) is 22.1. The number of hydrogen-bond donors (Lipinski definition) is 1. The molecule has 0 bridgehead atoms. The molecule has 1 amide bonds. The second-order valence-corrected chi connectivity index (χ2v) is 9.62. The summed E-state index contributed by atoms with van der Waals surface area (Å²) in [5.74, 6) is -1.32. The van der Waals surface area contributed by atoms with E-state index >= 15 is 0 Å². The molecule has 0 saturated carbocycles. The minimum absolute atomic E-state index is 0.0437. The number of halogens is 5. The highest BCUT2D eigenvalue weighted by Gasteiger charge is 2.34. The molecule has 2 aromatic rings. The van der Waals surface area contributed by atoms with Gasteiger partial charge < -0.3 is 5.32 Å². The van der Waals surface area contributed by atoms with Gasteiger partial charge in [0.1, 0.15) is 0 Å². The molecule has 1 N–H and O–H groups in total. The number of carbonyl (C=O) groups excluding carboxylic acids is 1. The molecule has 3 rings (SSSR count). The summed E-state index contributed by atoms with van der Waals surface area (Å²) in [6.07, 6.45) is -3.76. The first-order valence-electron chi connectivity index (χ1n) is 8.92. The van der Waals surface area contributed by atoms with Crippen LogP contribution in [0.2, 0.25) is 10.0 Å². The van der Waals surface area contributed by atoms with Gasteiger partial charge in [0.25, 0.3) is 0 Å². The molecular formula is C19H17Cl2F3N2O3S. The maximum atomic E-state index is 12.9. The summed E-state index contributed by atoms with van der Waals surface area (Å²) in [6.45, 7) is 0.145. The summed E-state index contributed by atoms with van der Waals surface area (Å²) in [5.41, 5.74) is -1.12. The van der Waals surface area contributed by atoms with Gasteiger partial charge in [-0.2, -0.15) is 17.5 Å². The van der Waals surface area contributed by atoms with Crippen LogP contribution in [0.25, 0.3) is 0 Å². The number of anilines is 1. The summed E-state index contributed by atoms with van der Waals surface area (Å²) in [5, 5.41) is 2.75. The normalized spacial score (nSPS) is 18.2. The van der Waals surface area contributed by atoms with Gasteiger partial charge >= 0.3 is 6.18 Å². The number of benzene rings is 2. The molecule has 0 radical (unpaired) electrons. The molecule has 5 nitrogen and oxygen atoms in total. The number of rotatable bonds is 4. The minimum Gasteiger partial charge on any atom is -0.324 e. The number of hydrogen-bond acceptors (Lipinski definition) is 3. The summed E-state index contributed by atoms with van der Waals surface area (Å²) in [6, 6.07) is 8.30. The lowest BCUT2D eigenvalue weighted by Gasteiger charge is -2.31. The molecule has 162 valence electrons. The predicted octanol–water partition coefficient (Wildman–Crippen LogP) is 5.05. The third kappa shape index (κ3) is 5.08. The van der Waals surface area contributed by atoms with Gasteiger partial charge in [-0.1, -0.05) is 23.2 Å². The third-order valence-electron chi connectivity index (χ3n) is 4.76. The molecule has 0 aliphatic carbocycles. The van der Waals surface area contributed by atoms with Gasteiger partial charge in [0.2, 0.25) is 15.9 Å². The van der Waals surface area contributed by atoms with Gasteiger partial charge in [-0.15, -0.1) is 0 Å². The maximum absolute atomic E-state index is 12.9. The Balaban J connectivity index is 1.76. The molecule has 1 atom stereocenters. The van der Waals surface area contributed by atoms with Crippen molar-refractivity contribution in [3.8, 4) is 0 Å². The minimum atomic E-state index is -4.58. The van der Waals surface area contributed by atoms with E-state index in [1.54, 1.807) is 0 Å². The van der Waals surface area contributed by atoms with Crippen LogP contribution in [0.4, 0.5) is 18.9 Å². The van der Waals surface area contributed by atoms with Gasteiger partial charge in [0.05, 0.1) is 27.1 Å². The van der Waals surface area contributed by atoms with Crippen LogP contribution >= 0.6 is 23.2 Å². The van der Waals surface area contributed by atoms with Gasteiger partial charge in [-0.25, -0.2) is 8.42 Å². The Hall–Kier alpha value is -1.81. The first-order chi connectivity index (χ1) is 14.0. The Kier molecular flexibility index (Phi) is 6.66. The van der Waals surface area contributed by atoms with E-state index in [0.717, 1.165) is 18.2 Å². The molecule has 1 aliphatic rings. The molecule has 1 fully saturated rings. The second-order valence-electron chi connectivity index (χ2n) is 6.84. The molecule has 0 spiro atoms. The van der Waals surface area contributed by atoms with Crippen molar-refractivity contribution >= 4 is 44.8 Å². The number of piperidine rings is 1. The monoisotopic (exact) mass is 480 g/mol. The molecule has 1 unspecified atom stereocenters. The zero-order valence-electron chi connectivity index (χ0n) is 15.4. The van der Waals surface area contributed by atoms with Gasteiger partial charge in [0.15, 0.2) is 0 Å². The molecule has 30 heavy (non-hydrogen) atoms. The van der Waals surface area contributed by atoms with Crippen molar-refractivity contribution in [3.05, 3.63) is 58.1 Å². The van der Waals surface area contributed by atoms with E-state index in [1.165, 1.54) is 28.6 Å². The van der Waals surface area contributed by atoms with Crippen molar-refractivity contribution in [2.45, 2.75) is 23.9 Å². The average Bonchev–Trinajstić information content (AvgIpc) is 2.69. The number of carbonyl (C=O) groups is 1. The topological polar surface area (TPSA) is 66.5 Å². The van der Waals surface area contributed by atoms with Crippen LogP contribution in [0.15, 0.2) is 47.4 Å². The lowest BCUT2D eigenvalue weighted by Crippen LogP contribution is -2.43. The van der Waals surface area contributed by atoms with E-state index in [2.05, 4.69) is 5.32 Å². The van der Waals surface area contributed by atoms with Gasteiger partial charge in [-0.3, -0.25) is 4.79 Å². The molecule has 2 aromatic carbocycles. The number of nitrogens with zero attached hydrogens (tertiary/aromatic N) is 1. The molecule has 1 heterocycles. The molecular weight excluding hydrogens is 464 g/mol. The third-order valence-corrected chi connectivity index (χ3v) is 7.22. The quantitative estimate of drug-likeness (QED) is 0.665. The Bertz CT molecular complexity index is 1040. The second kappa shape index (κ2) is 8.74. The van der Waals surface area contributed by atoms with Crippen molar-refractivity contribution in [3.63, 3.8) is 0 Å². The largest absolute Gasteiger partial charge is 0.416 e. The van der Waals surface area contributed by atoms with Crippen molar-refractivity contribution in [1.82, 2.24) is 4.31 Å². The molecule has 0 aromatic heterocycles. The highest BCUT2D eigenvalue weighted by atomic mass is 35.5. The SMILES string of the molecule is O=C(Nc1cc(C(F)(F)F)ccc1Cl)C1CCCN(S(=O)(=O)c2ccc(Cl)cc2)C1. The lowest BCUT2D eigenvalue weighted by molar-refractivity contribution is -0.137. The first kappa shape index (κ1) is 22.9. The van der Waals surface area contributed by atoms with Crippen molar-refractivity contribution < 1.29 is 26.4 Å². The van der Waals surface area contributed by atoms with Gasteiger partial charge in [-0.05, 0) is 55.3 Å². The van der Waals surface area contributed by atoms with Crippen molar-refractivity contribution in [2.75, 3.05) is 18.4 Å². The number of alkyl halides is 3. The highest BCUT2D eigenvalue weighted by molar-refractivity contribution is 7.89. The Morgan fingerprint density at radius 2 is 1.77 bits per heavy atom.